The fourth-order valence-electron chi connectivity index (χ4n) is 4.02. The number of hydrogen-bond acceptors (Lipinski definition) is 3. The molecule has 0 radical (unpaired) electrons. The Hall–Kier alpha value is -2.73. The van der Waals surface area contributed by atoms with Crippen molar-refractivity contribution in [3.05, 3.63) is 64.0 Å². The van der Waals surface area contributed by atoms with Crippen LogP contribution in [0.5, 0.6) is 5.75 Å². The quantitative estimate of drug-likeness (QED) is 0.499. The third-order valence-electron chi connectivity index (χ3n) is 5.52. The highest BCUT2D eigenvalue weighted by molar-refractivity contribution is 9.10. The van der Waals surface area contributed by atoms with E-state index in [0.29, 0.717) is 13.0 Å². The highest BCUT2D eigenvalue weighted by Gasteiger charge is 2.25. The summed E-state index contributed by atoms with van der Waals surface area (Å²) in [7, 11) is 1.63. The zero-order chi connectivity index (χ0) is 19.3. The van der Waals surface area contributed by atoms with Gasteiger partial charge in [0.1, 0.15) is 11.3 Å². The van der Waals surface area contributed by atoms with Crippen molar-refractivity contribution in [3.63, 3.8) is 0 Å². The topological polar surface area (TPSA) is 58.5 Å². The molecule has 0 aliphatic carbocycles. The third kappa shape index (κ3) is 2.79. The molecule has 0 bridgehead atoms. The zero-order valence-electron chi connectivity index (χ0n) is 15.4. The number of hydrogen-bond donors (Lipinski definition) is 1. The first-order valence-electron chi connectivity index (χ1n) is 9.24. The molecule has 0 spiro atoms. The molecule has 6 heteroatoms. The number of benzene rings is 2. The van der Waals surface area contributed by atoms with E-state index in [9.17, 15) is 4.79 Å². The first-order valence-corrected chi connectivity index (χ1v) is 10.0. The predicted molar refractivity (Wildman–Crippen MR) is 112 cm³/mol. The van der Waals surface area contributed by atoms with Crippen LogP contribution in [0.15, 0.2) is 51.6 Å². The van der Waals surface area contributed by atoms with E-state index in [2.05, 4.69) is 27.0 Å². The molecule has 2 aromatic carbocycles. The molecule has 4 aromatic rings. The molecule has 0 unspecified atom stereocenters. The maximum atomic E-state index is 13.0. The number of halogens is 1. The maximum Gasteiger partial charge on any atom is 0.227 e. The molecule has 1 amide bonds. The van der Waals surface area contributed by atoms with Crippen molar-refractivity contribution in [1.82, 2.24) is 9.88 Å². The van der Waals surface area contributed by atoms with Gasteiger partial charge in [0.05, 0.1) is 25.3 Å². The summed E-state index contributed by atoms with van der Waals surface area (Å²) >= 11 is 3.61. The summed E-state index contributed by atoms with van der Waals surface area (Å²) in [4.78, 5) is 18.5. The second-order valence-corrected chi connectivity index (χ2v) is 7.96. The number of H-pyrrole nitrogens is 1. The van der Waals surface area contributed by atoms with E-state index in [1.54, 1.807) is 13.4 Å². The lowest BCUT2D eigenvalue weighted by molar-refractivity contribution is -0.131. The molecular weight excluding hydrogens is 420 g/mol. The fraction of sp³-hybridized carbons (Fsp3) is 0.227. The molecule has 1 N–H and O–H groups in total. The van der Waals surface area contributed by atoms with Gasteiger partial charge in [-0.15, -0.1) is 0 Å². The molecule has 0 saturated carbocycles. The van der Waals surface area contributed by atoms with Crippen molar-refractivity contribution in [2.45, 2.75) is 19.4 Å². The number of ether oxygens (including phenoxy) is 1. The van der Waals surface area contributed by atoms with Gasteiger partial charge in [-0.1, -0.05) is 12.1 Å². The number of aromatic nitrogens is 1. The molecule has 5 nitrogen and oxygen atoms in total. The van der Waals surface area contributed by atoms with Gasteiger partial charge >= 0.3 is 0 Å². The van der Waals surface area contributed by atoms with Crippen LogP contribution in [0.3, 0.4) is 0 Å². The van der Waals surface area contributed by atoms with E-state index in [1.807, 2.05) is 35.2 Å². The van der Waals surface area contributed by atoms with Crippen LogP contribution < -0.4 is 4.74 Å². The molecule has 28 heavy (non-hydrogen) atoms. The van der Waals surface area contributed by atoms with Crippen molar-refractivity contribution in [2.24, 2.45) is 0 Å². The molecule has 0 saturated heterocycles. The molecule has 3 heterocycles. The minimum Gasteiger partial charge on any atom is -0.497 e. The van der Waals surface area contributed by atoms with E-state index in [0.717, 1.165) is 45.2 Å². The number of carbonyl (C=O) groups excluding carboxylic acids is 1. The summed E-state index contributed by atoms with van der Waals surface area (Å²) < 4.78 is 11.9. The molecule has 2 aromatic heterocycles. The van der Waals surface area contributed by atoms with Gasteiger partial charge in [0.15, 0.2) is 0 Å². The van der Waals surface area contributed by atoms with Gasteiger partial charge in [0.2, 0.25) is 5.91 Å². The first kappa shape index (κ1) is 17.4. The number of methoxy groups -OCH3 is 1. The smallest absolute Gasteiger partial charge is 0.227 e. The van der Waals surface area contributed by atoms with Crippen LogP contribution in [0.4, 0.5) is 0 Å². The minimum atomic E-state index is 0.119. The summed E-state index contributed by atoms with van der Waals surface area (Å²) in [5, 5.41) is 2.14. The van der Waals surface area contributed by atoms with E-state index >= 15 is 0 Å². The lowest BCUT2D eigenvalue weighted by atomic mass is 10.0. The summed E-state index contributed by atoms with van der Waals surface area (Å²) in [6, 6.07) is 11.9. The summed E-state index contributed by atoms with van der Waals surface area (Å²) in [5.41, 5.74) is 5.21. The second-order valence-electron chi connectivity index (χ2n) is 7.11. The Labute approximate surface area is 170 Å². The van der Waals surface area contributed by atoms with Gasteiger partial charge < -0.3 is 19.0 Å². The standard InChI is InChI=1S/C22H19BrN2O3/c1-27-14-5-6-15-13(12-28-20(15)10-14)9-21(26)25-8-7-19-17(11-25)16-3-2-4-18(23)22(16)24-19/h2-6,10,12,24H,7-9,11H2,1H3. The van der Waals surface area contributed by atoms with Crippen LogP contribution >= 0.6 is 15.9 Å². The van der Waals surface area contributed by atoms with Crippen LogP contribution in [0.1, 0.15) is 16.8 Å². The Morgan fingerprint density at radius 2 is 2.18 bits per heavy atom. The van der Waals surface area contributed by atoms with E-state index in [4.69, 9.17) is 9.15 Å². The highest BCUT2D eigenvalue weighted by Crippen LogP contribution is 2.32. The minimum absolute atomic E-state index is 0.119. The number of carbonyl (C=O) groups is 1. The van der Waals surface area contributed by atoms with Crippen molar-refractivity contribution in [3.8, 4) is 5.75 Å². The normalized spacial score (nSPS) is 13.9. The molecule has 1 aliphatic rings. The number of furan rings is 1. The van der Waals surface area contributed by atoms with Gasteiger partial charge in [-0.05, 0) is 34.1 Å². The highest BCUT2D eigenvalue weighted by atomic mass is 79.9. The molecule has 1 aliphatic heterocycles. The monoisotopic (exact) mass is 438 g/mol. The largest absolute Gasteiger partial charge is 0.497 e. The van der Waals surface area contributed by atoms with Crippen LogP contribution in [0, 0.1) is 0 Å². The van der Waals surface area contributed by atoms with E-state index < -0.39 is 0 Å². The Morgan fingerprint density at radius 1 is 1.29 bits per heavy atom. The maximum absolute atomic E-state index is 13.0. The Kier molecular flexibility index (Phi) is 4.16. The number of fused-ring (bicyclic) bond motifs is 4. The van der Waals surface area contributed by atoms with Gasteiger partial charge in [-0.25, -0.2) is 0 Å². The average Bonchev–Trinajstić information content (AvgIpc) is 3.29. The fourth-order valence-corrected chi connectivity index (χ4v) is 4.48. The van der Waals surface area contributed by atoms with E-state index in [1.165, 1.54) is 16.6 Å². The van der Waals surface area contributed by atoms with Crippen LogP contribution in [0.2, 0.25) is 0 Å². The number of aromatic amines is 1. The van der Waals surface area contributed by atoms with Gasteiger partial charge in [-0.2, -0.15) is 0 Å². The molecule has 0 fully saturated rings. The zero-order valence-corrected chi connectivity index (χ0v) is 17.0. The summed E-state index contributed by atoms with van der Waals surface area (Å²) in [6.07, 6.45) is 2.85. The second kappa shape index (κ2) is 6.71. The van der Waals surface area contributed by atoms with Crippen LogP contribution in [-0.4, -0.2) is 29.4 Å². The van der Waals surface area contributed by atoms with Crippen LogP contribution in [0.25, 0.3) is 21.9 Å². The van der Waals surface area contributed by atoms with Gasteiger partial charge in [0, 0.05) is 57.6 Å². The Morgan fingerprint density at radius 3 is 3.04 bits per heavy atom. The van der Waals surface area contributed by atoms with Gasteiger partial charge in [0.25, 0.3) is 0 Å². The SMILES string of the molecule is COc1ccc2c(CC(=O)N3CCc4[nH]c5c(Br)cccc5c4C3)coc2c1. The summed E-state index contributed by atoms with van der Waals surface area (Å²) in [5.74, 6) is 0.863. The number of para-hydroxylation sites is 1. The number of rotatable bonds is 3. The predicted octanol–water partition coefficient (Wildman–Crippen LogP) is 4.81. The van der Waals surface area contributed by atoms with Crippen molar-refractivity contribution < 1.29 is 13.9 Å². The third-order valence-corrected chi connectivity index (χ3v) is 6.18. The van der Waals surface area contributed by atoms with Gasteiger partial charge in [-0.3, -0.25) is 4.79 Å². The average molecular weight is 439 g/mol. The summed E-state index contributed by atoms with van der Waals surface area (Å²) in [6.45, 7) is 1.36. The molecule has 0 atom stereocenters. The lowest BCUT2D eigenvalue weighted by Gasteiger charge is -2.27. The first-order chi connectivity index (χ1) is 13.6. The van der Waals surface area contributed by atoms with E-state index in [-0.39, 0.29) is 5.91 Å². The Balaban J connectivity index is 1.40. The van der Waals surface area contributed by atoms with Crippen molar-refractivity contribution in [1.29, 1.82) is 0 Å². The number of nitrogens with zero attached hydrogens (tertiary/aromatic N) is 1. The molecule has 142 valence electrons. The number of nitrogens with one attached hydrogen (secondary N) is 1. The lowest BCUT2D eigenvalue weighted by Crippen LogP contribution is -2.36. The Bertz CT molecular complexity index is 1210. The molecular formula is C22H19BrN2O3. The van der Waals surface area contributed by atoms with Crippen molar-refractivity contribution >= 4 is 43.7 Å². The number of amides is 1. The molecule has 5 rings (SSSR count). The van der Waals surface area contributed by atoms with Crippen molar-refractivity contribution in [2.75, 3.05) is 13.7 Å². The van der Waals surface area contributed by atoms with Crippen LogP contribution in [-0.2, 0) is 24.2 Å².